The molecule has 134 valence electrons. The summed E-state index contributed by atoms with van der Waals surface area (Å²) in [6, 6.07) is 5.42. The molecule has 1 aromatic carbocycles. The molecule has 1 amide bonds. The Morgan fingerprint density at radius 1 is 1.33 bits per heavy atom. The second-order valence-electron chi connectivity index (χ2n) is 5.89. The Balaban J connectivity index is 0.00000288. The summed E-state index contributed by atoms with van der Waals surface area (Å²) >= 11 is 0. The Kier molecular flexibility index (Phi) is 8.01. The maximum atomic E-state index is 11.9. The number of hydrogen-bond donors (Lipinski definition) is 2. The first-order chi connectivity index (χ1) is 11.0. The molecule has 1 aromatic rings. The number of hydrogen-bond acceptors (Lipinski definition) is 4. The van der Waals surface area contributed by atoms with E-state index in [9.17, 15) is 9.59 Å². The van der Waals surface area contributed by atoms with Crippen LogP contribution in [0.25, 0.3) is 0 Å². The van der Waals surface area contributed by atoms with Crippen LogP contribution in [0.2, 0.25) is 0 Å². The summed E-state index contributed by atoms with van der Waals surface area (Å²) in [6.07, 6.45) is 1.43. The number of halogens is 1. The number of likely N-dealkylation sites (tertiary alicyclic amines) is 1. The highest BCUT2D eigenvalue weighted by molar-refractivity contribution is 5.85. The fraction of sp³-hybridized carbons (Fsp3) is 0.529. The number of ether oxygens (including phenoxy) is 1. The van der Waals surface area contributed by atoms with Crippen molar-refractivity contribution in [2.75, 3.05) is 26.2 Å². The predicted octanol–water partition coefficient (Wildman–Crippen LogP) is 1.77. The van der Waals surface area contributed by atoms with Crippen LogP contribution >= 0.6 is 12.4 Å². The van der Waals surface area contributed by atoms with Crippen LogP contribution in [0.1, 0.15) is 24.0 Å². The van der Waals surface area contributed by atoms with E-state index in [-0.39, 0.29) is 24.9 Å². The van der Waals surface area contributed by atoms with Crippen LogP contribution < -0.4 is 10.1 Å². The molecule has 0 saturated carbocycles. The minimum atomic E-state index is -0.853. The number of carbonyl (C=O) groups excluding carboxylic acids is 1. The third-order valence-electron chi connectivity index (χ3n) is 4.07. The first kappa shape index (κ1) is 20.3. The molecule has 1 fully saturated rings. The lowest BCUT2D eigenvalue weighted by molar-refractivity contribution is -0.142. The highest BCUT2D eigenvalue weighted by Crippen LogP contribution is 2.22. The number of rotatable bonds is 7. The summed E-state index contributed by atoms with van der Waals surface area (Å²) < 4.78 is 5.72. The van der Waals surface area contributed by atoms with Gasteiger partial charge in [-0.3, -0.25) is 14.5 Å². The Hall–Kier alpha value is -1.79. The van der Waals surface area contributed by atoms with Gasteiger partial charge in [-0.05, 0) is 44.4 Å². The summed E-state index contributed by atoms with van der Waals surface area (Å²) in [5.74, 6) is -0.163. The largest absolute Gasteiger partial charge is 0.491 e. The van der Waals surface area contributed by atoms with Gasteiger partial charge in [-0.15, -0.1) is 12.4 Å². The maximum absolute atomic E-state index is 11.9. The number of benzene rings is 1. The average Bonchev–Trinajstić information content (AvgIpc) is 2.94. The number of carboxylic acids is 1. The van der Waals surface area contributed by atoms with Crippen LogP contribution in [-0.4, -0.2) is 54.2 Å². The van der Waals surface area contributed by atoms with Crippen LogP contribution in [-0.2, 0) is 9.59 Å². The van der Waals surface area contributed by atoms with Crippen LogP contribution in [0.5, 0.6) is 5.75 Å². The van der Waals surface area contributed by atoms with E-state index >= 15 is 0 Å². The van der Waals surface area contributed by atoms with Crippen molar-refractivity contribution in [2.24, 2.45) is 0 Å². The summed E-state index contributed by atoms with van der Waals surface area (Å²) in [7, 11) is 0. The Morgan fingerprint density at radius 2 is 2.00 bits per heavy atom. The monoisotopic (exact) mass is 356 g/mol. The van der Waals surface area contributed by atoms with Gasteiger partial charge in [0.2, 0.25) is 5.91 Å². The zero-order valence-electron chi connectivity index (χ0n) is 14.1. The summed E-state index contributed by atoms with van der Waals surface area (Å²) in [4.78, 5) is 24.7. The van der Waals surface area contributed by atoms with E-state index in [2.05, 4.69) is 5.32 Å². The van der Waals surface area contributed by atoms with Gasteiger partial charge in [0.15, 0.2) is 0 Å². The van der Waals surface area contributed by atoms with Gasteiger partial charge in [0.05, 0.1) is 13.1 Å². The van der Waals surface area contributed by atoms with Gasteiger partial charge in [0, 0.05) is 0 Å². The van der Waals surface area contributed by atoms with Gasteiger partial charge in [-0.25, -0.2) is 0 Å². The number of carboxylic acid groups (broad SMARTS) is 1. The van der Waals surface area contributed by atoms with Crippen molar-refractivity contribution in [1.82, 2.24) is 10.2 Å². The smallest absolute Gasteiger partial charge is 0.320 e. The van der Waals surface area contributed by atoms with Gasteiger partial charge in [0.1, 0.15) is 18.4 Å². The molecule has 24 heavy (non-hydrogen) atoms. The molecule has 0 radical (unpaired) electrons. The number of aryl methyl sites for hydroxylation is 2. The van der Waals surface area contributed by atoms with Crippen LogP contribution in [0.3, 0.4) is 0 Å². The molecular formula is C17H25ClN2O4. The molecule has 1 aliphatic heterocycles. The van der Waals surface area contributed by atoms with E-state index in [1.807, 2.05) is 32.0 Å². The Labute approximate surface area is 148 Å². The number of nitrogens with zero attached hydrogens (tertiary/aromatic N) is 1. The van der Waals surface area contributed by atoms with Crippen molar-refractivity contribution in [2.45, 2.75) is 32.7 Å². The topological polar surface area (TPSA) is 78.9 Å². The average molecular weight is 357 g/mol. The molecule has 1 atom stereocenters. The molecule has 2 rings (SSSR count). The second-order valence-corrected chi connectivity index (χ2v) is 5.89. The number of amides is 1. The zero-order valence-corrected chi connectivity index (χ0v) is 14.9. The van der Waals surface area contributed by atoms with E-state index in [4.69, 9.17) is 9.84 Å². The van der Waals surface area contributed by atoms with Gasteiger partial charge >= 0.3 is 5.97 Å². The van der Waals surface area contributed by atoms with Gasteiger partial charge < -0.3 is 15.2 Å². The fourth-order valence-corrected chi connectivity index (χ4v) is 2.91. The normalized spacial score (nSPS) is 17.2. The van der Waals surface area contributed by atoms with Gasteiger partial charge in [0.25, 0.3) is 0 Å². The Bertz CT molecular complexity index is 559. The predicted molar refractivity (Wildman–Crippen MR) is 93.9 cm³/mol. The van der Waals surface area contributed by atoms with Crippen LogP contribution in [0, 0.1) is 13.8 Å². The fourth-order valence-electron chi connectivity index (χ4n) is 2.91. The number of aliphatic carboxylic acids is 1. The van der Waals surface area contributed by atoms with Crippen molar-refractivity contribution in [1.29, 1.82) is 0 Å². The molecule has 1 heterocycles. The molecule has 0 bridgehead atoms. The van der Waals surface area contributed by atoms with Crippen LogP contribution in [0.4, 0.5) is 0 Å². The number of para-hydroxylation sites is 1. The molecule has 7 heteroatoms. The molecule has 0 aromatic heterocycles. The SMILES string of the molecule is Cc1cccc(C)c1OCCNC(=O)CN1CCC[C@@H]1C(=O)O.Cl. The number of carbonyl (C=O) groups is 2. The second kappa shape index (κ2) is 9.49. The zero-order chi connectivity index (χ0) is 16.8. The van der Waals surface area contributed by atoms with E-state index < -0.39 is 12.0 Å². The van der Waals surface area contributed by atoms with Crippen molar-refractivity contribution in [3.05, 3.63) is 29.3 Å². The first-order valence-corrected chi connectivity index (χ1v) is 7.91. The molecule has 2 N–H and O–H groups in total. The molecule has 0 aliphatic carbocycles. The lowest BCUT2D eigenvalue weighted by atomic mass is 10.1. The molecule has 1 aliphatic rings. The highest BCUT2D eigenvalue weighted by Gasteiger charge is 2.31. The quantitative estimate of drug-likeness (QED) is 0.728. The van der Waals surface area contributed by atoms with Crippen molar-refractivity contribution in [3.63, 3.8) is 0 Å². The number of nitrogens with one attached hydrogen (secondary N) is 1. The first-order valence-electron chi connectivity index (χ1n) is 7.91. The minimum absolute atomic E-state index is 0. The van der Waals surface area contributed by atoms with Crippen LogP contribution in [0.15, 0.2) is 18.2 Å². The third kappa shape index (κ3) is 5.39. The van der Waals surface area contributed by atoms with E-state index in [1.165, 1.54) is 0 Å². The molecule has 0 spiro atoms. The van der Waals surface area contributed by atoms with Crippen molar-refractivity contribution < 1.29 is 19.4 Å². The van der Waals surface area contributed by atoms with Crippen molar-refractivity contribution in [3.8, 4) is 5.75 Å². The summed E-state index contributed by atoms with van der Waals surface area (Å²) in [5.41, 5.74) is 2.13. The highest BCUT2D eigenvalue weighted by atomic mass is 35.5. The lowest BCUT2D eigenvalue weighted by Crippen LogP contribution is -2.43. The van der Waals surface area contributed by atoms with E-state index in [0.29, 0.717) is 26.1 Å². The molecule has 6 nitrogen and oxygen atoms in total. The molecule has 1 saturated heterocycles. The van der Waals surface area contributed by atoms with E-state index in [0.717, 1.165) is 23.3 Å². The Morgan fingerprint density at radius 3 is 2.62 bits per heavy atom. The molecular weight excluding hydrogens is 332 g/mol. The van der Waals surface area contributed by atoms with E-state index in [1.54, 1.807) is 4.90 Å². The lowest BCUT2D eigenvalue weighted by Gasteiger charge is -2.20. The minimum Gasteiger partial charge on any atom is -0.491 e. The van der Waals surface area contributed by atoms with Crippen molar-refractivity contribution >= 4 is 24.3 Å². The van der Waals surface area contributed by atoms with Gasteiger partial charge in [-0.1, -0.05) is 18.2 Å². The van der Waals surface area contributed by atoms with Gasteiger partial charge in [-0.2, -0.15) is 0 Å². The summed E-state index contributed by atoms with van der Waals surface area (Å²) in [5, 5.41) is 11.9. The third-order valence-corrected chi connectivity index (χ3v) is 4.07. The summed E-state index contributed by atoms with van der Waals surface area (Å²) in [6.45, 7) is 5.54. The molecule has 0 unspecified atom stereocenters. The maximum Gasteiger partial charge on any atom is 0.320 e. The standard InChI is InChI=1S/C17H24N2O4.ClH/c1-12-5-3-6-13(2)16(12)23-10-8-18-15(20)11-19-9-4-7-14(19)17(21)22;/h3,5-6,14H,4,7-11H2,1-2H3,(H,18,20)(H,21,22);1H/t14-;/m1./s1.